The molecule has 1 amide bonds. The maximum atomic E-state index is 12.5. The van der Waals surface area contributed by atoms with E-state index in [1.807, 2.05) is 6.07 Å². The van der Waals surface area contributed by atoms with Crippen molar-refractivity contribution in [1.82, 2.24) is 0 Å². The summed E-state index contributed by atoms with van der Waals surface area (Å²) in [6.45, 7) is 6.63. The van der Waals surface area contributed by atoms with E-state index in [0.717, 1.165) is 30.9 Å². The summed E-state index contributed by atoms with van der Waals surface area (Å²) in [6, 6.07) is 6.34. The highest BCUT2D eigenvalue weighted by Crippen LogP contribution is 2.31. The van der Waals surface area contributed by atoms with Gasteiger partial charge in [-0.2, -0.15) is 0 Å². The number of benzene rings is 1. The third kappa shape index (κ3) is 4.59. The Balaban J connectivity index is 1.94. The number of rotatable bonds is 6. The fourth-order valence-corrected chi connectivity index (χ4v) is 3.46. The van der Waals surface area contributed by atoms with Gasteiger partial charge in [0.15, 0.2) is 0 Å². The number of hydrogen-bond acceptors (Lipinski definition) is 1. The molecule has 122 valence electrons. The predicted molar refractivity (Wildman–Crippen MR) is 94.2 cm³/mol. The van der Waals surface area contributed by atoms with Crippen molar-refractivity contribution in [3.05, 3.63) is 29.3 Å². The van der Waals surface area contributed by atoms with Crippen LogP contribution in [0.5, 0.6) is 0 Å². The maximum Gasteiger partial charge on any atom is 0.227 e. The van der Waals surface area contributed by atoms with Gasteiger partial charge in [-0.15, -0.1) is 0 Å². The Labute approximate surface area is 135 Å². The van der Waals surface area contributed by atoms with Crippen molar-refractivity contribution in [2.24, 2.45) is 11.8 Å². The molecule has 1 aromatic carbocycles. The van der Waals surface area contributed by atoms with Gasteiger partial charge in [0.1, 0.15) is 0 Å². The molecule has 1 aliphatic rings. The standard InChI is InChI=1S/C20H31NO/c1-4-6-7-18-14-19(13-8-15(18)3)21-20(22)17-11-9-16(5-2)10-12-17/h8,13-14,16-17H,4-7,9-12H2,1-3H3,(H,21,22). The molecular weight excluding hydrogens is 270 g/mol. The molecule has 0 atom stereocenters. The van der Waals surface area contributed by atoms with Crippen LogP contribution < -0.4 is 5.32 Å². The van der Waals surface area contributed by atoms with Crippen LogP contribution in [-0.2, 0) is 11.2 Å². The predicted octanol–water partition coefficient (Wildman–Crippen LogP) is 5.49. The first kappa shape index (κ1) is 17.1. The minimum atomic E-state index is 0.211. The van der Waals surface area contributed by atoms with E-state index in [-0.39, 0.29) is 11.8 Å². The third-order valence-corrected chi connectivity index (χ3v) is 5.21. The highest BCUT2D eigenvalue weighted by atomic mass is 16.1. The summed E-state index contributed by atoms with van der Waals surface area (Å²) in [5.41, 5.74) is 3.67. The van der Waals surface area contributed by atoms with Crippen molar-refractivity contribution in [1.29, 1.82) is 0 Å². The molecule has 2 nitrogen and oxygen atoms in total. The molecule has 1 saturated carbocycles. The van der Waals surface area contributed by atoms with Gasteiger partial charge in [-0.25, -0.2) is 0 Å². The van der Waals surface area contributed by atoms with E-state index in [4.69, 9.17) is 0 Å². The summed E-state index contributed by atoms with van der Waals surface area (Å²) >= 11 is 0. The van der Waals surface area contributed by atoms with Crippen molar-refractivity contribution >= 4 is 11.6 Å². The molecule has 2 heteroatoms. The summed E-state index contributed by atoms with van der Waals surface area (Å²) in [5.74, 6) is 1.27. The van der Waals surface area contributed by atoms with Crippen molar-refractivity contribution in [3.63, 3.8) is 0 Å². The van der Waals surface area contributed by atoms with Gasteiger partial charge in [-0.05, 0) is 74.6 Å². The average molecular weight is 301 g/mol. The van der Waals surface area contributed by atoms with Crippen molar-refractivity contribution in [2.75, 3.05) is 5.32 Å². The lowest BCUT2D eigenvalue weighted by molar-refractivity contribution is -0.121. The van der Waals surface area contributed by atoms with Crippen LogP contribution in [0.3, 0.4) is 0 Å². The summed E-state index contributed by atoms with van der Waals surface area (Å²) in [6.07, 6.45) is 9.31. The first-order valence-electron chi connectivity index (χ1n) is 9.04. The van der Waals surface area contributed by atoms with Gasteiger partial charge < -0.3 is 5.32 Å². The van der Waals surface area contributed by atoms with E-state index in [0.29, 0.717) is 0 Å². The van der Waals surface area contributed by atoms with Gasteiger partial charge in [0.05, 0.1) is 0 Å². The molecule has 1 N–H and O–H groups in total. The average Bonchev–Trinajstić information content (AvgIpc) is 2.55. The molecule has 1 aliphatic carbocycles. The Bertz CT molecular complexity index is 486. The van der Waals surface area contributed by atoms with Gasteiger partial charge in [-0.1, -0.05) is 32.8 Å². The maximum absolute atomic E-state index is 12.5. The summed E-state index contributed by atoms with van der Waals surface area (Å²) in [5, 5.41) is 3.15. The smallest absolute Gasteiger partial charge is 0.227 e. The van der Waals surface area contributed by atoms with E-state index in [1.165, 1.54) is 43.2 Å². The van der Waals surface area contributed by atoms with Gasteiger partial charge >= 0.3 is 0 Å². The van der Waals surface area contributed by atoms with Crippen LogP contribution in [0.1, 0.15) is 69.9 Å². The van der Waals surface area contributed by atoms with Gasteiger partial charge in [0, 0.05) is 11.6 Å². The van der Waals surface area contributed by atoms with Crippen LogP contribution in [0.25, 0.3) is 0 Å². The van der Waals surface area contributed by atoms with Gasteiger partial charge in [0.2, 0.25) is 5.91 Å². The van der Waals surface area contributed by atoms with E-state index in [2.05, 4.69) is 38.2 Å². The molecule has 0 aromatic heterocycles. The number of amides is 1. The first-order valence-corrected chi connectivity index (χ1v) is 9.04. The third-order valence-electron chi connectivity index (χ3n) is 5.21. The van der Waals surface area contributed by atoms with E-state index in [9.17, 15) is 4.79 Å². The van der Waals surface area contributed by atoms with E-state index in [1.54, 1.807) is 0 Å². The normalized spacial score (nSPS) is 21.6. The van der Waals surface area contributed by atoms with Gasteiger partial charge in [0.25, 0.3) is 0 Å². The SMILES string of the molecule is CCCCc1cc(NC(=O)C2CCC(CC)CC2)ccc1C. The number of unbranched alkanes of at least 4 members (excludes halogenated alkanes) is 1. The van der Waals surface area contributed by atoms with E-state index >= 15 is 0 Å². The van der Waals surface area contributed by atoms with Crippen LogP contribution in [0, 0.1) is 18.8 Å². The number of aryl methyl sites for hydroxylation is 2. The minimum absolute atomic E-state index is 0.211. The Morgan fingerprint density at radius 2 is 1.91 bits per heavy atom. The van der Waals surface area contributed by atoms with Crippen LogP contribution >= 0.6 is 0 Å². The molecule has 1 aromatic rings. The van der Waals surface area contributed by atoms with Gasteiger partial charge in [-0.3, -0.25) is 4.79 Å². The Hall–Kier alpha value is -1.31. The van der Waals surface area contributed by atoms with Crippen LogP contribution in [-0.4, -0.2) is 5.91 Å². The molecule has 0 bridgehead atoms. The zero-order valence-electron chi connectivity index (χ0n) is 14.5. The quantitative estimate of drug-likeness (QED) is 0.739. The first-order chi connectivity index (χ1) is 10.6. The number of anilines is 1. The molecule has 1 fully saturated rings. The molecular formula is C20H31NO. The fraction of sp³-hybridized carbons (Fsp3) is 0.650. The zero-order chi connectivity index (χ0) is 15.9. The second-order valence-electron chi connectivity index (χ2n) is 6.86. The van der Waals surface area contributed by atoms with Crippen molar-refractivity contribution in [2.45, 2.75) is 72.1 Å². The van der Waals surface area contributed by atoms with Crippen molar-refractivity contribution < 1.29 is 4.79 Å². The minimum Gasteiger partial charge on any atom is -0.326 e. The summed E-state index contributed by atoms with van der Waals surface area (Å²) in [7, 11) is 0. The second kappa shape index (κ2) is 8.36. The fourth-order valence-electron chi connectivity index (χ4n) is 3.46. The Morgan fingerprint density at radius 3 is 2.55 bits per heavy atom. The Morgan fingerprint density at radius 1 is 1.18 bits per heavy atom. The van der Waals surface area contributed by atoms with E-state index < -0.39 is 0 Å². The van der Waals surface area contributed by atoms with Crippen LogP contribution in [0.15, 0.2) is 18.2 Å². The Kier molecular flexibility index (Phi) is 6.48. The van der Waals surface area contributed by atoms with Crippen LogP contribution in [0.4, 0.5) is 5.69 Å². The molecule has 0 unspecified atom stereocenters. The highest BCUT2D eigenvalue weighted by Gasteiger charge is 2.25. The second-order valence-corrected chi connectivity index (χ2v) is 6.86. The summed E-state index contributed by atoms with van der Waals surface area (Å²) in [4.78, 5) is 12.5. The molecule has 2 rings (SSSR count). The largest absolute Gasteiger partial charge is 0.326 e. The molecule has 0 radical (unpaired) electrons. The number of hydrogen-bond donors (Lipinski definition) is 1. The molecule has 0 heterocycles. The van der Waals surface area contributed by atoms with Crippen molar-refractivity contribution in [3.8, 4) is 0 Å². The lowest BCUT2D eigenvalue weighted by atomic mass is 9.80. The number of nitrogens with one attached hydrogen (secondary N) is 1. The number of carbonyl (C=O) groups is 1. The lowest BCUT2D eigenvalue weighted by Crippen LogP contribution is -2.27. The van der Waals surface area contributed by atoms with Crippen LogP contribution in [0.2, 0.25) is 0 Å². The molecule has 0 saturated heterocycles. The molecule has 0 aliphatic heterocycles. The number of carbonyl (C=O) groups excluding carboxylic acids is 1. The lowest BCUT2D eigenvalue weighted by Gasteiger charge is -2.27. The topological polar surface area (TPSA) is 29.1 Å². The zero-order valence-corrected chi connectivity index (χ0v) is 14.5. The highest BCUT2D eigenvalue weighted by molar-refractivity contribution is 5.92. The molecule has 0 spiro atoms. The monoisotopic (exact) mass is 301 g/mol. The summed E-state index contributed by atoms with van der Waals surface area (Å²) < 4.78 is 0. The molecule has 22 heavy (non-hydrogen) atoms.